The Morgan fingerprint density at radius 3 is 2.04 bits per heavy atom. The second-order valence-electron chi connectivity index (χ2n) is 15.4. The summed E-state index contributed by atoms with van der Waals surface area (Å²) in [7, 11) is 1.66. The zero-order valence-electron chi connectivity index (χ0n) is 41.6. The van der Waals surface area contributed by atoms with Gasteiger partial charge in [-0.2, -0.15) is 19.6 Å². The Bertz CT molecular complexity index is 2360. The Morgan fingerprint density at radius 2 is 1.49 bits per heavy atom. The van der Waals surface area contributed by atoms with Crippen LogP contribution in [0.5, 0.6) is 0 Å². The molecule has 8 rings (SSSR count). The van der Waals surface area contributed by atoms with Crippen LogP contribution in [0.3, 0.4) is 0 Å². The predicted octanol–water partition coefficient (Wildman–Crippen LogP) is 6.41. The first-order valence-corrected chi connectivity index (χ1v) is 23.1. The zero-order chi connectivity index (χ0) is 52.5. The lowest BCUT2D eigenvalue weighted by Crippen LogP contribution is -2.26. The van der Waals surface area contributed by atoms with E-state index in [0.29, 0.717) is 42.2 Å². The molecule has 0 amide bonds. The molecule has 0 radical (unpaired) electrons. The fourth-order valence-corrected chi connectivity index (χ4v) is 7.17. The molecule has 6 N–H and O–H groups in total. The third-order valence-corrected chi connectivity index (χ3v) is 10.1. The molecular weight excluding hydrogens is 950 g/mol. The van der Waals surface area contributed by atoms with Gasteiger partial charge in [0.25, 0.3) is 24.4 Å². The van der Waals surface area contributed by atoms with Crippen LogP contribution in [0.15, 0.2) is 17.6 Å². The summed E-state index contributed by atoms with van der Waals surface area (Å²) in [5.74, 6) is 1.22. The van der Waals surface area contributed by atoms with Gasteiger partial charge in [0.05, 0.1) is 31.5 Å². The molecule has 1 aliphatic carbocycles. The number of aliphatic carboxylic acids is 3. The second kappa shape index (κ2) is 32.2. The van der Waals surface area contributed by atoms with Gasteiger partial charge in [0.1, 0.15) is 36.1 Å². The van der Waals surface area contributed by atoms with Crippen molar-refractivity contribution in [2.45, 2.75) is 172 Å². The van der Waals surface area contributed by atoms with Gasteiger partial charge in [0.15, 0.2) is 17.0 Å². The van der Waals surface area contributed by atoms with Gasteiger partial charge in [-0.15, -0.1) is 20.4 Å². The van der Waals surface area contributed by atoms with E-state index in [1.807, 2.05) is 52.4 Å². The minimum atomic E-state index is -0.833. The van der Waals surface area contributed by atoms with Gasteiger partial charge in [-0.1, -0.05) is 28.2 Å². The molecule has 1 saturated carbocycles. The first-order chi connectivity index (χ1) is 33.3. The van der Waals surface area contributed by atoms with E-state index in [2.05, 4.69) is 77.9 Å². The van der Waals surface area contributed by atoms with E-state index in [4.69, 9.17) is 60.7 Å². The largest absolute Gasteiger partial charge is 0.483 e. The van der Waals surface area contributed by atoms with Crippen molar-refractivity contribution in [3.05, 3.63) is 35.3 Å². The van der Waals surface area contributed by atoms with Crippen LogP contribution in [0.4, 0.5) is 11.6 Å². The SMILES string of the molecule is C.CC.CC(=O)O.CC(=O)O.CC(=O)O.CCn1nnc(C(CCn2cnc3c2NC(C)N=C3C)OC)n1.CCn1nnc(C2CCC(n3cnc4c(NC5CCC(C)CC5)nc(Cl)nc43)O2)n1.O=CO. The molecule has 0 aromatic carbocycles. The van der Waals surface area contributed by atoms with Crippen molar-refractivity contribution in [3.63, 3.8) is 0 Å². The molecule has 27 nitrogen and oxygen atoms in total. The number of hydrogen-bond donors (Lipinski definition) is 6. The Morgan fingerprint density at radius 1 is 0.915 bits per heavy atom. The molecule has 5 aromatic heterocycles. The number of carboxylic acid groups (broad SMARTS) is 4. The third-order valence-electron chi connectivity index (χ3n) is 9.97. The van der Waals surface area contributed by atoms with E-state index in [9.17, 15) is 0 Å². The average molecular weight is 1020 g/mol. The first kappa shape index (κ1) is 62.3. The monoisotopic (exact) mass is 1020 g/mol. The number of halogens is 1. The molecule has 396 valence electrons. The summed E-state index contributed by atoms with van der Waals surface area (Å²) in [6.45, 7) is 19.4. The lowest BCUT2D eigenvalue weighted by atomic mass is 9.87. The van der Waals surface area contributed by atoms with E-state index in [-0.39, 0.29) is 43.8 Å². The zero-order valence-corrected chi connectivity index (χ0v) is 42.3. The number of aryl methyl sites for hydroxylation is 3. The summed E-state index contributed by atoms with van der Waals surface area (Å²) in [6.07, 6.45) is 10.1. The predicted molar refractivity (Wildman–Crippen MR) is 263 cm³/mol. The molecule has 4 atom stereocenters. The van der Waals surface area contributed by atoms with Crippen LogP contribution in [0.1, 0.15) is 157 Å². The van der Waals surface area contributed by atoms with E-state index in [0.717, 1.165) is 88.1 Å². The molecule has 28 heteroatoms. The molecule has 7 heterocycles. The molecule has 2 fully saturated rings. The minimum Gasteiger partial charge on any atom is -0.483 e. The quantitative estimate of drug-likeness (QED) is 0.0614. The molecule has 2 aliphatic heterocycles. The number of ether oxygens (including phenoxy) is 2. The number of nitrogens with one attached hydrogen (secondary N) is 2. The fraction of sp³-hybridized carbons (Fsp3) is 0.651. The van der Waals surface area contributed by atoms with Crippen LogP contribution < -0.4 is 10.6 Å². The van der Waals surface area contributed by atoms with Gasteiger partial charge in [0, 0.05) is 40.5 Å². The van der Waals surface area contributed by atoms with Crippen molar-refractivity contribution in [1.29, 1.82) is 0 Å². The van der Waals surface area contributed by atoms with Gasteiger partial charge in [-0.05, 0) is 101 Å². The molecule has 0 spiro atoms. The van der Waals surface area contributed by atoms with Crippen LogP contribution in [-0.2, 0) is 48.3 Å². The number of carboxylic acids is 3. The number of rotatable bonds is 11. The summed E-state index contributed by atoms with van der Waals surface area (Å²) < 4.78 is 15.8. The summed E-state index contributed by atoms with van der Waals surface area (Å²) in [5, 5.41) is 61.2. The number of tetrazole rings is 2. The number of nitrogens with zero attached hydrogens (tertiary/aromatic N) is 15. The number of fused-ring (bicyclic) bond motifs is 2. The normalized spacial score (nSPS) is 18.6. The summed E-state index contributed by atoms with van der Waals surface area (Å²) in [6, 6.07) is 0.389. The highest BCUT2D eigenvalue weighted by molar-refractivity contribution is 6.28. The second-order valence-corrected chi connectivity index (χ2v) is 15.8. The van der Waals surface area contributed by atoms with Crippen molar-refractivity contribution >= 4 is 64.5 Å². The van der Waals surface area contributed by atoms with Gasteiger partial charge in [-0.3, -0.25) is 28.7 Å². The number of aliphatic imine (C=N–C) groups is 1. The molecular formula is C43H72ClN17O10. The Balaban J connectivity index is 0.000000543. The number of methoxy groups -OCH3 is 1. The number of imidazole rings is 2. The van der Waals surface area contributed by atoms with Gasteiger partial charge < -0.3 is 45.1 Å². The number of anilines is 2. The number of aromatic nitrogens is 14. The van der Waals surface area contributed by atoms with E-state index in [1.54, 1.807) is 23.0 Å². The lowest BCUT2D eigenvalue weighted by Gasteiger charge is -2.27. The van der Waals surface area contributed by atoms with Gasteiger partial charge >= 0.3 is 0 Å². The summed E-state index contributed by atoms with van der Waals surface area (Å²) >= 11 is 6.27. The molecule has 71 heavy (non-hydrogen) atoms. The smallest absolute Gasteiger partial charge is 0.300 e. The maximum Gasteiger partial charge on any atom is 0.300 e. The van der Waals surface area contributed by atoms with Crippen LogP contribution in [0, 0.1) is 5.92 Å². The molecule has 0 bridgehead atoms. The molecule has 1 saturated heterocycles. The molecule has 5 aromatic rings. The number of hydrogen-bond acceptors (Lipinski definition) is 19. The van der Waals surface area contributed by atoms with Crippen molar-refractivity contribution in [2.24, 2.45) is 10.9 Å². The number of carbonyl (C=O) groups is 4. The third kappa shape index (κ3) is 20.6. The van der Waals surface area contributed by atoms with Crippen molar-refractivity contribution in [1.82, 2.24) is 69.5 Å². The maximum atomic E-state index is 9.00. The van der Waals surface area contributed by atoms with Crippen molar-refractivity contribution < 1.29 is 49.1 Å². The van der Waals surface area contributed by atoms with Crippen LogP contribution in [0.25, 0.3) is 11.2 Å². The van der Waals surface area contributed by atoms with Crippen LogP contribution in [-0.4, -0.2) is 139 Å². The summed E-state index contributed by atoms with van der Waals surface area (Å²) in [5.41, 5.74) is 3.27. The Labute approximate surface area is 417 Å². The molecule has 3 aliphatic rings. The topological polar surface area (TPSA) is 353 Å². The van der Waals surface area contributed by atoms with Gasteiger partial charge in [-0.25, -0.2) is 9.97 Å². The van der Waals surface area contributed by atoms with E-state index < -0.39 is 17.9 Å². The van der Waals surface area contributed by atoms with Gasteiger partial charge in [0.2, 0.25) is 16.9 Å². The van der Waals surface area contributed by atoms with E-state index in [1.165, 1.54) is 12.8 Å². The van der Waals surface area contributed by atoms with E-state index >= 15 is 0 Å². The average Bonchev–Trinajstić information content (AvgIpc) is 4.16. The highest BCUT2D eigenvalue weighted by Crippen LogP contribution is 2.38. The molecule has 4 unspecified atom stereocenters. The first-order valence-electron chi connectivity index (χ1n) is 22.8. The minimum absolute atomic E-state index is 0. The Kier molecular flexibility index (Phi) is 28.2. The fourth-order valence-electron chi connectivity index (χ4n) is 7.01. The Hall–Kier alpha value is -6.74. The van der Waals surface area contributed by atoms with Crippen molar-refractivity contribution in [3.8, 4) is 0 Å². The highest BCUT2D eigenvalue weighted by Gasteiger charge is 2.33. The maximum absolute atomic E-state index is 9.00. The van der Waals surface area contributed by atoms with Crippen LogP contribution >= 0.6 is 11.6 Å². The van der Waals surface area contributed by atoms with Crippen LogP contribution in [0.2, 0.25) is 5.28 Å². The van der Waals surface area contributed by atoms with Crippen molar-refractivity contribution in [2.75, 3.05) is 17.7 Å². The highest BCUT2D eigenvalue weighted by atomic mass is 35.5. The lowest BCUT2D eigenvalue weighted by molar-refractivity contribution is -0.135. The standard InChI is InChI=1S/C19H26ClN9O.C14H22N8O.3C2H4O2.C2H6.CH2O2.CH4/c1-3-29-26-16(25-27-29)13-8-9-14(30-13)28-10-21-15-17(23-19(20)24-18(15)28)22-12-6-4-11(2)5-7-12;1-5-22-19-13(18-20-22)11(23-4)6-7-21-8-15-12-9(2)16-10(3)17-14(12)21;3*1-2(3)4;1-2;2-1-3;/h10-14H,3-9H2,1-2H3,(H,22,23,24);8,10-11,17H,5-7H2,1-4H3;3*1H3,(H,3,4);1-2H3;1H,(H,2,3);1H4. The summed E-state index contributed by atoms with van der Waals surface area (Å²) in [4.78, 5) is 60.9.